The van der Waals surface area contributed by atoms with Crippen molar-refractivity contribution in [2.75, 3.05) is 40.3 Å². The van der Waals surface area contributed by atoms with E-state index < -0.39 is 6.09 Å². The molecule has 7 heteroatoms. The highest BCUT2D eigenvalue weighted by Gasteiger charge is 2.25. The summed E-state index contributed by atoms with van der Waals surface area (Å²) >= 11 is 0. The number of hydrogen-bond donors (Lipinski definition) is 3. The lowest BCUT2D eigenvalue weighted by molar-refractivity contribution is -0.135. The Morgan fingerprint density at radius 1 is 1.39 bits per heavy atom. The second kappa shape index (κ2) is 11.2. The van der Waals surface area contributed by atoms with Crippen molar-refractivity contribution >= 4 is 12.0 Å². The van der Waals surface area contributed by atoms with Gasteiger partial charge in [-0.05, 0) is 38.6 Å². The number of carboxylic acid groups (broad SMARTS) is 1. The Kier molecular flexibility index (Phi) is 9.63. The minimum atomic E-state index is -0.964. The fraction of sp³-hybridized carbons (Fsp3) is 0.875. The van der Waals surface area contributed by atoms with E-state index in [0.717, 1.165) is 45.2 Å². The van der Waals surface area contributed by atoms with Crippen LogP contribution in [0.15, 0.2) is 0 Å². The van der Waals surface area contributed by atoms with Crippen molar-refractivity contribution in [1.29, 1.82) is 0 Å². The van der Waals surface area contributed by atoms with Crippen molar-refractivity contribution in [3.63, 3.8) is 0 Å². The fourth-order valence-electron chi connectivity index (χ4n) is 3.07. The third-order valence-electron chi connectivity index (χ3n) is 4.35. The average Bonchev–Trinajstić information content (AvgIpc) is 2.54. The topological polar surface area (TPSA) is 90.9 Å². The Bertz CT molecular complexity index is 365. The molecule has 1 rings (SSSR count). The lowest BCUT2D eigenvalue weighted by Crippen LogP contribution is -2.42. The summed E-state index contributed by atoms with van der Waals surface area (Å²) < 4.78 is 5.33. The number of carbonyl (C=O) groups is 2. The van der Waals surface area contributed by atoms with Gasteiger partial charge in [0.2, 0.25) is 5.91 Å². The van der Waals surface area contributed by atoms with Crippen molar-refractivity contribution in [2.45, 2.75) is 44.6 Å². The Morgan fingerprint density at radius 2 is 2.17 bits per heavy atom. The van der Waals surface area contributed by atoms with Crippen LogP contribution in [0, 0.1) is 5.92 Å². The maximum atomic E-state index is 12.4. The molecule has 7 nitrogen and oxygen atoms in total. The molecule has 134 valence electrons. The number of unbranched alkanes of at least 4 members (excludes halogenated alkanes) is 1. The maximum absolute atomic E-state index is 12.4. The van der Waals surface area contributed by atoms with Crippen LogP contribution < -0.4 is 10.6 Å². The highest BCUT2D eigenvalue weighted by molar-refractivity contribution is 5.76. The molecule has 1 fully saturated rings. The van der Waals surface area contributed by atoms with Crippen molar-refractivity contribution < 1.29 is 19.4 Å². The zero-order valence-corrected chi connectivity index (χ0v) is 14.3. The number of amides is 2. The van der Waals surface area contributed by atoms with Crippen LogP contribution in [-0.2, 0) is 9.53 Å². The molecule has 0 spiro atoms. The maximum Gasteiger partial charge on any atom is 0.404 e. The van der Waals surface area contributed by atoms with Crippen LogP contribution in [0.3, 0.4) is 0 Å². The van der Waals surface area contributed by atoms with E-state index in [1.54, 1.807) is 7.11 Å². The van der Waals surface area contributed by atoms with Gasteiger partial charge < -0.3 is 25.4 Å². The van der Waals surface area contributed by atoms with E-state index in [0.29, 0.717) is 25.4 Å². The number of methoxy groups -OCH3 is 1. The second-order valence-electron chi connectivity index (χ2n) is 6.20. The van der Waals surface area contributed by atoms with Crippen LogP contribution in [0.5, 0.6) is 0 Å². The van der Waals surface area contributed by atoms with Crippen molar-refractivity contribution in [3.8, 4) is 0 Å². The molecule has 23 heavy (non-hydrogen) atoms. The van der Waals surface area contributed by atoms with Crippen LogP contribution in [-0.4, -0.2) is 68.4 Å². The third-order valence-corrected chi connectivity index (χ3v) is 4.35. The normalized spacial score (nSPS) is 19.4. The van der Waals surface area contributed by atoms with E-state index in [4.69, 9.17) is 9.84 Å². The molecule has 1 aliphatic heterocycles. The van der Waals surface area contributed by atoms with Crippen molar-refractivity contribution in [3.05, 3.63) is 0 Å². The first-order chi connectivity index (χ1) is 11.1. The van der Waals surface area contributed by atoms with Gasteiger partial charge in [-0.2, -0.15) is 0 Å². The number of carbonyl (C=O) groups excluding carboxylic acids is 1. The smallest absolute Gasteiger partial charge is 0.404 e. The lowest BCUT2D eigenvalue weighted by Gasteiger charge is -2.33. The standard InChI is InChI=1S/C16H31N3O4/c1-17-11-14(23-2)10-15(20)19-9-5-7-13(12-19)6-3-4-8-18-16(21)22/h13-14,17-18H,3-12H2,1-2H3,(H,21,22)/t13-,14?/m1/s1. The first-order valence-corrected chi connectivity index (χ1v) is 8.48. The molecule has 0 aromatic carbocycles. The number of likely N-dealkylation sites (tertiary alicyclic amines) is 1. The average molecular weight is 329 g/mol. The minimum absolute atomic E-state index is 0.0741. The number of nitrogens with one attached hydrogen (secondary N) is 2. The van der Waals surface area contributed by atoms with Crippen LogP contribution in [0.25, 0.3) is 0 Å². The highest BCUT2D eigenvalue weighted by Crippen LogP contribution is 2.22. The van der Waals surface area contributed by atoms with Gasteiger partial charge in [-0.25, -0.2) is 4.79 Å². The van der Waals surface area contributed by atoms with Gasteiger partial charge in [-0.1, -0.05) is 6.42 Å². The predicted molar refractivity (Wildman–Crippen MR) is 88.5 cm³/mol. The monoisotopic (exact) mass is 329 g/mol. The molecule has 1 unspecified atom stereocenters. The quantitative estimate of drug-likeness (QED) is 0.525. The Morgan fingerprint density at radius 3 is 2.83 bits per heavy atom. The van der Waals surface area contributed by atoms with Gasteiger partial charge >= 0.3 is 6.09 Å². The first kappa shape index (κ1) is 19.7. The first-order valence-electron chi connectivity index (χ1n) is 8.48. The van der Waals surface area contributed by atoms with Crippen LogP contribution in [0.4, 0.5) is 4.79 Å². The zero-order chi connectivity index (χ0) is 17.1. The Labute approximate surface area is 138 Å². The van der Waals surface area contributed by atoms with Crippen molar-refractivity contribution in [2.24, 2.45) is 5.92 Å². The van der Waals surface area contributed by atoms with E-state index in [1.807, 2.05) is 11.9 Å². The molecule has 1 saturated heterocycles. The summed E-state index contributed by atoms with van der Waals surface area (Å²) in [4.78, 5) is 24.7. The van der Waals surface area contributed by atoms with E-state index in [9.17, 15) is 9.59 Å². The van der Waals surface area contributed by atoms with Gasteiger partial charge in [-0.3, -0.25) is 4.79 Å². The molecule has 1 heterocycles. The zero-order valence-electron chi connectivity index (χ0n) is 14.3. The summed E-state index contributed by atoms with van der Waals surface area (Å²) in [6.45, 7) is 2.84. The van der Waals surface area contributed by atoms with E-state index in [1.165, 1.54) is 0 Å². The molecule has 0 saturated carbocycles. The molecule has 0 bridgehead atoms. The summed E-state index contributed by atoms with van der Waals surface area (Å²) in [7, 11) is 3.49. The number of rotatable bonds is 10. The van der Waals surface area contributed by atoms with Crippen molar-refractivity contribution in [1.82, 2.24) is 15.5 Å². The van der Waals surface area contributed by atoms with Crippen LogP contribution in [0.1, 0.15) is 38.5 Å². The molecular weight excluding hydrogens is 298 g/mol. The molecular formula is C16H31N3O4. The SMILES string of the molecule is CNCC(CC(=O)N1CCC[C@@H](CCCCNC(=O)O)C1)OC. The Balaban J connectivity index is 2.27. The molecule has 0 radical (unpaired) electrons. The number of piperidine rings is 1. The predicted octanol–water partition coefficient (Wildman–Crippen LogP) is 1.29. The minimum Gasteiger partial charge on any atom is -0.465 e. The lowest BCUT2D eigenvalue weighted by atomic mass is 9.92. The van der Waals surface area contributed by atoms with E-state index >= 15 is 0 Å². The van der Waals surface area contributed by atoms with Gasteiger partial charge in [0.1, 0.15) is 0 Å². The molecule has 0 aromatic heterocycles. The largest absolute Gasteiger partial charge is 0.465 e. The summed E-state index contributed by atoms with van der Waals surface area (Å²) in [5, 5.41) is 13.9. The van der Waals surface area contributed by atoms with Gasteiger partial charge in [-0.15, -0.1) is 0 Å². The Hall–Kier alpha value is -1.34. The summed E-state index contributed by atoms with van der Waals surface area (Å²) in [6, 6.07) is 0. The van der Waals surface area contributed by atoms with Gasteiger partial charge in [0.25, 0.3) is 0 Å². The highest BCUT2D eigenvalue weighted by atomic mass is 16.5. The van der Waals surface area contributed by atoms with Gasteiger partial charge in [0, 0.05) is 33.3 Å². The summed E-state index contributed by atoms with van der Waals surface area (Å²) in [5.74, 6) is 0.701. The number of hydrogen-bond acceptors (Lipinski definition) is 4. The summed E-state index contributed by atoms with van der Waals surface area (Å²) in [5.41, 5.74) is 0. The molecule has 2 atom stereocenters. The van der Waals surface area contributed by atoms with E-state index in [-0.39, 0.29) is 12.0 Å². The molecule has 0 aliphatic carbocycles. The number of likely N-dealkylation sites (N-methyl/N-ethyl adjacent to an activating group) is 1. The van der Waals surface area contributed by atoms with Gasteiger partial charge in [0.15, 0.2) is 0 Å². The second-order valence-corrected chi connectivity index (χ2v) is 6.20. The van der Waals surface area contributed by atoms with Crippen LogP contribution >= 0.6 is 0 Å². The van der Waals surface area contributed by atoms with Crippen LogP contribution in [0.2, 0.25) is 0 Å². The molecule has 2 amide bonds. The fourth-order valence-corrected chi connectivity index (χ4v) is 3.07. The van der Waals surface area contributed by atoms with Gasteiger partial charge in [0.05, 0.1) is 12.5 Å². The number of nitrogens with zero attached hydrogens (tertiary/aromatic N) is 1. The number of ether oxygens (including phenoxy) is 1. The molecule has 1 aliphatic rings. The summed E-state index contributed by atoms with van der Waals surface area (Å²) in [6.07, 6.45) is 4.48. The third kappa shape index (κ3) is 8.18. The molecule has 0 aromatic rings. The molecule has 3 N–H and O–H groups in total. The van der Waals surface area contributed by atoms with E-state index in [2.05, 4.69) is 10.6 Å².